The Hall–Kier alpha value is -2.66. The first kappa shape index (κ1) is 16.2. The van der Waals surface area contributed by atoms with E-state index >= 15 is 0 Å². The number of aromatic nitrogens is 1. The Bertz CT molecular complexity index is 815. The van der Waals surface area contributed by atoms with Crippen molar-refractivity contribution >= 4 is 22.4 Å². The second-order valence-corrected chi connectivity index (χ2v) is 6.29. The number of ether oxygens (including phenoxy) is 1. The van der Waals surface area contributed by atoms with Gasteiger partial charge in [-0.3, -0.25) is 10.1 Å². The lowest BCUT2D eigenvalue weighted by Crippen LogP contribution is -2.13. The van der Waals surface area contributed by atoms with Crippen molar-refractivity contribution in [3.63, 3.8) is 0 Å². The van der Waals surface area contributed by atoms with Crippen LogP contribution in [0.2, 0.25) is 0 Å². The highest BCUT2D eigenvalue weighted by atomic mass is 32.1. The van der Waals surface area contributed by atoms with Crippen molar-refractivity contribution in [1.82, 2.24) is 4.98 Å². The molecule has 2 aromatic carbocycles. The Balaban J connectivity index is 1.69. The first-order valence-electron chi connectivity index (χ1n) is 7.78. The number of rotatable bonds is 6. The maximum atomic E-state index is 12.5. The van der Waals surface area contributed by atoms with Crippen LogP contribution in [0.1, 0.15) is 27.7 Å². The molecule has 3 aromatic rings. The van der Waals surface area contributed by atoms with Crippen LogP contribution in [-0.4, -0.2) is 17.5 Å². The minimum absolute atomic E-state index is 0.209. The summed E-state index contributed by atoms with van der Waals surface area (Å²) in [6.45, 7) is 2.41. The van der Waals surface area contributed by atoms with Gasteiger partial charge in [0.15, 0.2) is 5.13 Å². The van der Waals surface area contributed by atoms with Gasteiger partial charge in [0.1, 0.15) is 5.75 Å². The Morgan fingerprint density at radius 1 is 1.12 bits per heavy atom. The number of amides is 1. The van der Waals surface area contributed by atoms with Crippen molar-refractivity contribution in [3.05, 3.63) is 76.8 Å². The molecule has 0 saturated heterocycles. The van der Waals surface area contributed by atoms with E-state index in [4.69, 9.17) is 4.74 Å². The van der Waals surface area contributed by atoms with Gasteiger partial charge in [-0.15, -0.1) is 11.3 Å². The van der Waals surface area contributed by atoms with Crippen LogP contribution in [0.5, 0.6) is 5.75 Å². The topological polar surface area (TPSA) is 51.2 Å². The van der Waals surface area contributed by atoms with E-state index in [0.717, 1.165) is 11.3 Å². The van der Waals surface area contributed by atoms with E-state index in [9.17, 15) is 4.79 Å². The van der Waals surface area contributed by atoms with Crippen molar-refractivity contribution < 1.29 is 9.53 Å². The fourth-order valence-corrected chi connectivity index (χ4v) is 3.19. The summed E-state index contributed by atoms with van der Waals surface area (Å²) in [4.78, 5) is 17.9. The SMILES string of the molecule is CCOc1ccccc1C(=O)Nc1ncc(Cc2ccccc2)s1. The van der Waals surface area contributed by atoms with Crippen LogP contribution in [0.4, 0.5) is 5.13 Å². The van der Waals surface area contributed by atoms with Crippen LogP contribution in [0.3, 0.4) is 0 Å². The van der Waals surface area contributed by atoms with E-state index in [1.54, 1.807) is 12.1 Å². The second-order valence-electron chi connectivity index (χ2n) is 5.18. The van der Waals surface area contributed by atoms with Gasteiger partial charge in [0.05, 0.1) is 12.2 Å². The third-order valence-electron chi connectivity index (χ3n) is 3.43. The largest absolute Gasteiger partial charge is 0.493 e. The number of carbonyl (C=O) groups is 1. The molecule has 0 spiro atoms. The molecule has 0 atom stereocenters. The number of carbonyl (C=O) groups excluding carboxylic acids is 1. The Morgan fingerprint density at radius 3 is 2.67 bits per heavy atom. The minimum Gasteiger partial charge on any atom is -0.493 e. The van der Waals surface area contributed by atoms with Crippen LogP contribution < -0.4 is 10.1 Å². The zero-order valence-corrected chi connectivity index (χ0v) is 14.2. The molecule has 1 N–H and O–H groups in total. The number of nitrogens with zero attached hydrogens (tertiary/aromatic N) is 1. The molecule has 1 aromatic heterocycles. The maximum absolute atomic E-state index is 12.5. The average Bonchev–Trinajstić information content (AvgIpc) is 3.03. The van der Waals surface area contributed by atoms with E-state index in [-0.39, 0.29) is 5.91 Å². The van der Waals surface area contributed by atoms with Crippen molar-refractivity contribution in [1.29, 1.82) is 0 Å². The Labute approximate surface area is 145 Å². The molecule has 0 aliphatic rings. The molecule has 4 nitrogen and oxygen atoms in total. The van der Waals surface area contributed by atoms with Gasteiger partial charge in [0.25, 0.3) is 5.91 Å². The lowest BCUT2D eigenvalue weighted by molar-refractivity contribution is 0.102. The molecule has 0 aliphatic heterocycles. The number of thiazole rings is 1. The van der Waals surface area contributed by atoms with Gasteiger partial charge in [-0.25, -0.2) is 4.98 Å². The number of nitrogens with one attached hydrogen (secondary N) is 1. The third kappa shape index (κ3) is 4.00. The summed E-state index contributed by atoms with van der Waals surface area (Å²) in [5.41, 5.74) is 1.74. The van der Waals surface area contributed by atoms with E-state index in [1.807, 2.05) is 43.5 Å². The Kier molecular flexibility index (Phi) is 5.23. The number of anilines is 1. The first-order valence-corrected chi connectivity index (χ1v) is 8.59. The highest BCUT2D eigenvalue weighted by molar-refractivity contribution is 7.15. The summed E-state index contributed by atoms with van der Waals surface area (Å²) in [7, 11) is 0. The third-order valence-corrected chi connectivity index (χ3v) is 4.34. The van der Waals surface area contributed by atoms with Gasteiger partial charge < -0.3 is 4.74 Å². The standard InChI is InChI=1S/C19H18N2O2S/c1-2-23-17-11-7-6-10-16(17)18(22)21-19-20-13-15(24-19)12-14-8-4-3-5-9-14/h3-11,13H,2,12H2,1H3,(H,20,21,22). The van der Waals surface area contributed by atoms with Gasteiger partial charge in [-0.2, -0.15) is 0 Å². The lowest BCUT2D eigenvalue weighted by Gasteiger charge is -2.08. The molecule has 24 heavy (non-hydrogen) atoms. The van der Waals surface area contributed by atoms with Gasteiger partial charge in [-0.05, 0) is 24.6 Å². The van der Waals surface area contributed by atoms with Crippen LogP contribution in [0, 0.1) is 0 Å². The van der Waals surface area contributed by atoms with E-state index in [2.05, 4.69) is 22.4 Å². The van der Waals surface area contributed by atoms with Crippen molar-refractivity contribution in [2.75, 3.05) is 11.9 Å². The van der Waals surface area contributed by atoms with Crippen molar-refractivity contribution in [2.45, 2.75) is 13.3 Å². The average molecular weight is 338 g/mol. The zero-order valence-electron chi connectivity index (χ0n) is 13.4. The predicted octanol–water partition coefficient (Wildman–Crippen LogP) is 4.38. The van der Waals surface area contributed by atoms with E-state index < -0.39 is 0 Å². The molecule has 0 aliphatic carbocycles. The summed E-state index contributed by atoms with van der Waals surface area (Å²) < 4.78 is 5.50. The van der Waals surface area contributed by atoms with Crippen LogP contribution in [0.25, 0.3) is 0 Å². The van der Waals surface area contributed by atoms with Gasteiger partial charge in [0, 0.05) is 17.5 Å². The quantitative estimate of drug-likeness (QED) is 0.725. The van der Waals surface area contributed by atoms with E-state index in [1.165, 1.54) is 16.9 Å². The fourth-order valence-electron chi connectivity index (χ4n) is 2.34. The number of hydrogen-bond acceptors (Lipinski definition) is 4. The molecule has 0 bridgehead atoms. The number of para-hydroxylation sites is 1. The van der Waals surface area contributed by atoms with Gasteiger partial charge >= 0.3 is 0 Å². The van der Waals surface area contributed by atoms with E-state index in [0.29, 0.717) is 23.1 Å². The molecule has 0 fully saturated rings. The molecule has 5 heteroatoms. The minimum atomic E-state index is -0.209. The molecule has 0 radical (unpaired) electrons. The van der Waals surface area contributed by atoms with Gasteiger partial charge in [0.2, 0.25) is 0 Å². The number of benzene rings is 2. The molecular formula is C19H18N2O2S. The lowest BCUT2D eigenvalue weighted by atomic mass is 10.1. The summed E-state index contributed by atoms with van der Waals surface area (Å²) >= 11 is 1.49. The highest BCUT2D eigenvalue weighted by Crippen LogP contribution is 2.24. The summed E-state index contributed by atoms with van der Waals surface area (Å²) in [6, 6.07) is 17.4. The molecule has 122 valence electrons. The molecule has 0 saturated carbocycles. The molecular weight excluding hydrogens is 320 g/mol. The monoisotopic (exact) mass is 338 g/mol. The van der Waals surface area contributed by atoms with Crippen LogP contribution in [-0.2, 0) is 6.42 Å². The molecule has 1 amide bonds. The fraction of sp³-hybridized carbons (Fsp3) is 0.158. The van der Waals surface area contributed by atoms with Crippen molar-refractivity contribution in [2.24, 2.45) is 0 Å². The summed E-state index contributed by atoms with van der Waals surface area (Å²) in [6.07, 6.45) is 2.62. The second kappa shape index (κ2) is 7.75. The predicted molar refractivity (Wildman–Crippen MR) is 96.9 cm³/mol. The molecule has 1 heterocycles. The molecule has 3 rings (SSSR count). The normalized spacial score (nSPS) is 10.4. The smallest absolute Gasteiger partial charge is 0.261 e. The summed E-state index contributed by atoms with van der Waals surface area (Å²) in [5, 5.41) is 3.45. The Morgan fingerprint density at radius 2 is 1.88 bits per heavy atom. The maximum Gasteiger partial charge on any atom is 0.261 e. The number of hydrogen-bond donors (Lipinski definition) is 1. The van der Waals surface area contributed by atoms with Gasteiger partial charge in [-0.1, -0.05) is 42.5 Å². The molecule has 0 unspecified atom stereocenters. The summed E-state index contributed by atoms with van der Waals surface area (Å²) in [5.74, 6) is 0.373. The van der Waals surface area contributed by atoms with Crippen LogP contribution >= 0.6 is 11.3 Å². The zero-order chi connectivity index (χ0) is 16.8. The first-order chi connectivity index (χ1) is 11.8. The van der Waals surface area contributed by atoms with Crippen LogP contribution in [0.15, 0.2) is 60.8 Å². The highest BCUT2D eigenvalue weighted by Gasteiger charge is 2.14. The van der Waals surface area contributed by atoms with Crippen molar-refractivity contribution in [3.8, 4) is 5.75 Å².